The fourth-order valence-corrected chi connectivity index (χ4v) is 3.42. The van der Waals surface area contributed by atoms with Gasteiger partial charge in [-0.1, -0.05) is 24.9 Å². The molecule has 1 atom stereocenters. The Morgan fingerprint density at radius 2 is 1.83 bits per heavy atom. The molecule has 0 aliphatic carbocycles. The molecule has 0 saturated carbocycles. The third-order valence-corrected chi connectivity index (χ3v) is 5.25. The third-order valence-electron chi connectivity index (χ3n) is 4.96. The molecule has 1 aliphatic rings. The Hall–Kier alpha value is -2.93. The number of anilines is 2. The van der Waals surface area contributed by atoms with Crippen molar-refractivity contribution < 1.29 is 18.8 Å². The quantitative estimate of drug-likeness (QED) is 0.685. The summed E-state index contributed by atoms with van der Waals surface area (Å²) in [6.07, 6.45) is 2.14. The van der Waals surface area contributed by atoms with Gasteiger partial charge in [0.1, 0.15) is 5.82 Å². The lowest BCUT2D eigenvalue weighted by Crippen LogP contribution is -2.29. The Balaban J connectivity index is 1.56. The van der Waals surface area contributed by atoms with Gasteiger partial charge in [0.25, 0.3) is 5.91 Å². The molecule has 8 heteroatoms. The molecule has 3 amide bonds. The number of benzene rings is 2. The fourth-order valence-electron chi connectivity index (χ4n) is 3.24. The van der Waals surface area contributed by atoms with E-state index in [1.807, 2.05) is 0 Å². The molecule has 1 fully saturated rings. The third kappa shape index (κ3) is 5.36. The summed E-state index contributed by atoms with van der Waals surface area (Å²) in [6, 6.07) is 10.3. The van der Waals surface area contributed by atoms with Gasteiger partial charge in [-0.3, -0.25) is 14.4 Å². The summed E-state index contributed by atoms with van der Waals surface area (Å²) >= 11 is 5.72. The van der Waals surface area contributed by atoms with Crippen LogP contribution < -0.4 is 10.6 Å². The first kappa shape index (κ1) is 21.8. The van der Waals surface area contributed by atoms with Crippen molar-refractivity contribution in [2.75, 3.05) is 23.7 Å². The average Bonchev–Trinajstić information content (AvgIpc) is 3.10. The minimum atomic E-state index is -0.563. The van der Waals surface area contributed by atoms with Crippen molar-refractivity contribution in [3.63, 3.8) is 0 Å². The number of nitrogens with zero attached hydrogens (tertiary/aromatic N) is 1. The van der Waals surface area contributed by atoms with Crippen LogP contribution in [0.1, 0.15) is 36.5 Å². The van der Waals surface area contributed by atoms with Gasteiger partial charge in [-0.25, -0.2) is 4.39 Å². The normalized spacial score (nSPS) is 15.9. The van der Waals surface area contributed by atoms with Crippen molar-refractivity contribution in [2.45, 2.75) is 26.2 Å². The van der Waals surface area contributed by atoms with E-state index in [0.29, 0.717) is 30.0 Å². The molecule has 2 aromatic rings. The predicted octanol–water partition coefficient (Wildman–Crippen LogP) is 4.32. The van der Waals surface area contributed by atoms with E-state index >= 15 is 0 Å². The number of carbonyl (C=O) groups excluding carboxylic acids is 3. The second-order valence-electron chi connectivity index (χ2n) is 7.24. The first-order valence-corrected chi connectivity index (χ1v) is 10.2. The second-order valence-corrected chi connectivity index (χ2v) is 7.65. The largest absolute Gasteiger partial charge is 0.342 e. The van der Waals surface area contributed by atoms with E-state index in [2.05, 4.69) is 17.6 Å². The minimum absolute atomic E-state index is 0.0107. The molecule has 158 valence electrons. The first-order valence-electron chi connectivity index (χ1n) is 9.82. The summed E-state index contributed by atoms with van der Waals surface area (Å²) in [4.78, 5) is 38.6. The number of hydrogen-bond acceptors (Lipinski definition) is 3. The van der Waals surface area contributed by atoms with Crippen LogP contribution in [0, 0.1) is 11.7 Å². The van der Waals surface area contributed by atoms with Gasteiger partial charge in [-0.2, -0.15) is 0 Å². The number of likely N-dealkylation sites (tertiary alicyclic amines) is 1. The zero-order valence-corrected chi connectivity index (χ0v) is 17.3. The van der Waals surface area contributed by atoms with Crippen LogP contribution in [-0.4, -0.2) is 35.7 Å². The Morgan fingerprint density at radius 3 is 2.50 bits per heavy atom. The van der Waals surface area contributed by atoms with Crippen molar-refractivity contribution in [1.82, 2.24) is 4.90 Å². The van der Waals surface area contributed by atoms with E-state index < -0.39 is 5.82 Å². The highest BCUT2D eigenvalue weighted by atomic mass is 35.5. The smallest absolute Gasteiger partial charge is 0.255 e. The maximum Gasteiger partial charge on any atom is 0.255 e. The Labute approximate surface area is 179 Å². The summed E-state index contributed by atoms with van der Waals surface area (Å²) in [6.45, 7) is 3.18. The lowest BCUT2D eigenvalue weighted by Gasteiger charge is -2.16. The lowest BCUT2D eigenvalue weighted by atomic mass is 10.1. The van der Waals surface area contributed by atoms with E-state index in [4.69, 9.17) is 11.6 Å². The number of amides is 3. The number of halogens is 2. The lowest BCUT2D eigenvalue weighted by molar-refractivity contribution is -0.128. The monoisotopic (exact) mass is 431 g/mol. The van der Waals surface area contributed by atoms with E-state index in [1.54, 1.807) is 29.2 Å². The van der Waals surface area contributed by atoms with Crippen LogP contribution in [0.15, 0.2) is 42.5 Å². The molecule has 6 nitrogen and oxygen atoms in total. The number of rotatable bonds is 7. The molecule has 2 aromatic carbocycles. The van der Waals surface area contributed by atoms with E-state index in [9.17, 15) is 18.8 Å². The highest BCUT2D eigenvalue weighted by Gasteiger charge is 2.33. The van der Waals surface area contributed by atoms with Crippen LogP contribution >= 0.6 is 11.6 Å². The zero-order chi connectivity index (χ0) is 21.7. The van der Waals surface area contributed by atoms with Gasteiger partial charge in [-0.15, -0.1) is 0 Å². The number of hydrogen-bond donors (Lipinski definition) is 2. The molecule has 0 spiro atoms. The topological polar surface area (TPSA) is 78.5 Å². The van der Waals surface area contributed by atoms with Gasteiger partial charge in [0.15, 0.2) is 0 Å². The van der Waals surface area contributed by atoms with Gasteiger partial charge in [0.05, 0.1) is 10.9 Å². The van der Waals surface area contributed by atoms with Crippen LogP contribution in [0.3, 0.4) is 0 Å². The van der Waals surface area contributed by atoms with Gasteiger partial charge < -0.3 is 15.5 Å². The number of unbranched alkanes of at least 4 members (excludes halogenated alkanes) is 1. The Morgan fingerprint density at radius 1 is 1.13 bits per heavy atom. The summed E-state index contributed by atoms with van der Waals surface area (Å²) in [5, 5.41) is 5.36. The zero-order valence-electron chi connectivity index (χ0n) is 16.6. The molecule has 0 aromatic heterocycles. The molecule has 1 aliphatic heterocycles. The van der Waals surface area contributed by atoms with Crippen LogP contribution in [0.25, 0.3) is 0 Å². The van der Waals surface area contributed by atoms with Gasteiger partial charge in [0.2, 0.25) is 11.8 Å². The van der Waals surface area contributed by atoms with Crippen LogP contribution in [0.5, 0.6) is 0 Å². The predicted molar refractivity (Wildman–Crippen MR) is 114 cm³/mol. The van der Waals surface area contributed by atoms with Crippen LogP contribution in [-0.2, 0) is 9.59 Å². The summed E-state index contributed by atoms with van der Waals surface area (Å²) in [5.74, 6) is -1.52. The highest BCUT2D eigenvalue weighted by molar-refractivity contribution is 6.31. The van der Waals surface area contributed by atoms with Crippen molar-refractivity contribution in [1.29, 1.82) is 0 Å². The Bertz CT molecular complexity index is 949. The summed E-state index contributed by atoms with van der Waals surface area (Å²) in [7, 11) is 0. The summed E-state index contributed by atoms with van der Waals surface area (Å²) in [5.41, 5.74) is 1.29. The van der Waals surface area contributed by atoms with Gasteiger partial charge in [0, 0.05) is 36.4 Å². The second kappa shape index (κ2) is 9.71. The van der Waals surface area contributed by atoms with Crippen molar-refractivity contribution in [2.24, 2.45) is 5.92 Å². The molecule has 3 rings (SSSR count). The molecule has 0 unspecified atom stereocenters. The SMILES string of the molecule is CCCCN1C[C@@H](C(=O)Nc2ccc(C(=O)Nc3ccc(F)c(Cl)c3)cc2)CC1=O. The molecule has 1 saturated heterocycles. The standard InChI is InChI=1S/C22H23ClFN3O3/c1-2-3-10-27-13-15(11-20(27)28)22(30)25-16-6-4-14(5-7-16)21(29)26-17-8-9-19(24)18(23)12-17/h4-9,12,15H,2-3,10-11,13H2,1H3,(H,25,30)(H,26,29)/t15-/m0/s1. The summed E-state index contributed by atoms with van der Waals surface area (Å²) < 4.78 is 13.2. The van der Waals surface area contributed by atoms with Crippen molar-refractivity contribution in [3.05, 3.63) is 58.9 Å². The fraction of sp³-hybridized carbons (Fsp3) is 0.318. The van der Waals surface area contributed by atoms with Crippen molar-refractivity contribution in [3.8, 4) is 0 Å². The molecule has 0 bridgehead atoms. The maximum absolute atomic E-state index is 13.2. The molecular formula is C22H23ClFN3O3. The van der Waals surface area contributed by atoms with Crippen LogP contribution in [0.4, 0.5) is 15.8 Å². The van der Waals surface area contributed by atoms with E-state index in [-0.39, 0.29) is 35.1 Å². The minimum Gasteiger partial charge on any atom is -0.342 e. The van der Waals surface area contributed by atoms with Crippen molar-refractivity contribution >= 4 is 40.7 Å². The van der Waals surface area contributed by atoms with Gasteiger partial charge >= 0.3 is 0 Å². The Kier molecular flexibility index (Phi) is 7.05. The molecule has 2 N–H and O–H groups in total. The first-order chi connectivity index (χ1) is 14.4. The van der Waals surface area contributed by atoms with E-state index in [0.717, 1.165) is 12.8 Å². The maximum atomic E-state index is 13.2. The molecule has 1 heterocycles. The molecule has 0 radical (unpaired) electrons. The number of nitrogens with one attached hydrogen (secondary N) is 2. The van der Waals surface area contributed by atoms with Crippen LogP contribution in [0.2, 0.25) is 5.02 Å². The average molecular weight is 432 g/mol. The number of carbonyl (C=O) groups is 3. The molecule has 30 heavy (non-hydrogen) atoms. The highest BCUT2D eigenvalue weighted by Crippen LogP contribution is 2.22. The van der Waals surface area contributed by atoms with Gasteiger partial charge in [-0.05, 0) is 48.9 Å². The molecular weight excluding hydrogens is 409 g/mol. The van der Waals surface area contributed by atoms with E-state index in [1.165, 1.54) is 18.2 Å².